The molecular weight excluding hydrogens is 726 g/mol. The minimum Gasteiger partial charge on any atom is -0.507 e. The lowest BCUT2D eigenvalue weighted by Crippen LogP contribution is -2.52. The number of aliphatic carboxylic acids is 1. The molecule has 56 heavy (non-hydrogen) atoms. The fourth-order valence-electron chi connectivity index (χ4n) is 6.27. The zero-order chi connectivity index (χ0) is 42.3. The zero-order valence-corrected chi connectivity index (χ0v) is 33.2. The quantitative estimate of drug-likeness (QED) is 0.134. The van der Waals surface area contributed by atoms with Crippen LogP contribution in [0.5, 0.6) is 11.5 Å². The molecule has 0 saturated carbocycles. The third-order valence-electron chi connectivity index (χ3n) is 9.12. The lowest BCUT2D eigenvalue weighted by atomic mass is 9.94. The summed E-state index contributed by atoms with van der Waals surface area (Å²) in [6.07, 6.45) is 1.20. The molecule has 4 atom stereocenters. The van der Waals surface area contributed by atoms with Gasteiger partial charge in [-0.05, 0) is 67.1 Å². The van der Waals surface area contributed by atoms with Crippen LogP contribution in [-0.2, 0) is 40.0 Å². The molecule has 17 nitrogen and oxygen atoms in total. The van der Waals surface area contributed by atoms with E-state index in [9.17, 15) is 48.9 Å². The average Bonchev–Trinajstić information content (AvgIpc) is 3.16. The number of carbonyl (C=O) groups excluding carboxylic acids is 6. The SMILES string of the molecule is CC.CC(C)CC(C)C(=O)N(C)C(CCCN)C(=O)NCC(=O)NCC(=O)N(C)C1C(=O)NCC(=O)NC(C(=O)O)Cc2ccc(O)c(c2)-c2cc1ccc2O. The number of hydrogen-bond acceptors (Lipinski definition) is 10. The summed E-state index contributed by atoms with van der Waals surface area (Å²) in [5.41, 5.74) is 6.43. The van der Waals surface area contributed by atoms with Gasteiger partial charge in [0.1, 0.15) is 29.6 Å². The summed E-state index contributed by atoms with van der Waals surface area (Å²) < 4.78 is 0. The highest BCUT2D eigenvalue weighted by Gasteiger charge is 2.32. The fraction of sp³-hybridized carbons (Fsp3) is 0.513. The predicted molar refractivity (Wildman–Crippen MR) is 208 cm³/mol. The van der Waals surface area contributed by atoms with E-state index in [-0.39, 0.29) is 58.8 Å². The number of amides is 6. The number of carboxylic acids is 1. The molecule has 2 aromatic carbocycles. The molecule has 3 rings (SSSR count). The number of carboxylic acid groups (broad SMARTS) is 1. The number of nitrogens with one attached hydrogen (secondary N) is 4. The number of benzene rings is 2. The number of phenolic OH excluding ortho intramolecular Hbond substituents is 2. The van der Waals surface area contributed by atoms with Crippen molar-refractivity contribution in [3.63, 3.8) is 0 Å². The van der Waals surface area contributed by atoms with Crippen LogP contribution in [0.1, 0.15) is 71.0 Å². The van der Waals surface area contributed by atoms with E-state index in [0.29, 0.717) is 24.9 Å². The maximum absolute atomic E-state index is 13.6. The van der Waals surface area contributed by atoms with Crippen LogP contribution in [-0.4, -0.2) is 119 Å². The molecule has 0 radical (unpaired) electrons. The van der Waals surface area contributed by atoms with Crippen molar-refractivity contribution in [1.82, 2.24) is 31.1 Å². The van der Waals surface area contributed by atoms with Gasteiger partial charge in [-0.15, -0.1) is 0 Å². The molecule has 308 valence electrons. The molecule has 4 unspecified atom stereocenters. The van der Waals surface area contributed by atoms with Crippen molar-refractivity contribution in [2.24, 2.45) is 17.6 Å². The van der Waals surface area contributed by atoms with Gasteiger partial charge in [0.2, 0.25) is 35.4 Å². The van der Waals surface area contributed by atoms with Crippen molar-refractivity contribution in [2.45, 2.75) is 78.4 Å². The standard InChI is InChI=1S/C37H51N7O10.C2H6/c1-20(2)13-21(3)36(52)43(4)27(7-6-12-38)34(50)40-17-30(47)39-19-32(49)44(5)33-23-9-11-29(46)25(16-23)24-14-22(8-10-28(24)45)15-26(37(53)54)42-31(48)18-41-35(33)51;1-2/h8-11,14,16,20-21,26-27,33,45-46H,6-7,12-13,15,17-19,38H2,1-5H3,(H,39,47)(H,40,50)(H,41,51)(H,42,48)(H,53,54);1-2H3. The summed E-state index contributed by atoms with van der Waals surface area (Å²) in [6, 6.07) is 4.55. The molecule has 0 saturated heterocycles. The monoisotopic (exact) mass is 783 g/mol. The van der Waals surface area contributed by atoms with Gasteiger partial charge in [0.25, 0.3) is 0 Å². The molecule has 1 aliphatic rings. The second-order valence-corrected chi connectivity index (χ2v) is 13.8. The largest absolute Gasteiger partial charge is 0.507 e. The van der Waals surface area contributed by atoms with E-state index in [0.717, 1.165) is 4.90 Å². The minimum atomic E-state index is -1.43. The van der Waals surface area contributed by atoms with Crippen molar-refractivity contribution in [3.05, 3.63) is 47.5 Å². The maximum Gasteiger partial charge on any atom is 0.326 e. The van der Waals surface area contributed by atoms with Crippen LogP contribution in [0, 0.1) is 11.8 Å². The molecule has 4 bridgehead atoms. The topological polar surface area (TPSA) is 261 Å². The molecule has 1 aliphatic heterocycles. The summed E-state index contributed by atoms with van der Waals surface area (Å²) in [6.45, 7) is 8.33. The summed E-state index contributed by atoms with van der Waals surface area (Å²) in [7, 11) is 2.82. The molecule has 1 heterocycles. The van der Waals surface area contributed by atoms with E-state index in [1.165, 1.54) is 55.4 Å². The number of rotatable bonds is 14. The highest BCUT2D eigenvalue weighted by molar-refractivity contribution is 5.95. The summed E-state index contributed by atoms with van der Waals surface area (Å²) >= 11 is 0. The summed E-state index contributed by atoms with van der Waals surface area (Å²) in [4.78, 5) is 93.0. The number of carbonyl (C=O) groups is 7. The minimum absolute atomic E-state index is 0.0778. The number of nitrogens with two attached hydrogens (primary N) is 1. The Bertz CT molecular complexity index is 1730. The highest BCUT2D eigenvalue weighted by Crippen LogP contribution is 2.38. The molecule has 2 aromatic rings. The van der Waals surface area contributed by atoms with Gasteiger partial charge in [-0.3, -0.25) is 28.8 Å². The molecule has 0 aromatic heterocycles. The molecule has 17 heteroatoms. The van der Waals surface area contributed by atoms with Gasteiger partial charge in [0.15, 0.2) is 0 Å². The average molecular weight is 784 g/mol. The van der Waals surface area contributed by atoms with Crippen LogP contribution in [0.25, 0.3) is 11.1 Å². The fourth-order valence-corrected chi connectivity index (χ4v) is 6.27. The van der Waals surface area contributed by atoms with Gasteiger partial charge >= 0.3 is 5.97 Å². The third-order valence-corrected chi connectivity index (χ3v) is 9.12. The Hall–Kier alpha value is -5.71. The third kappa shape index (κ3) is 13.0. The van der Waals surface area contributed by atoms with Crippen LogP contribution in [0.15, 0.2) is 36.4 Å². The van der Waals surface area contributed by atoms with E-state index in [2.05, 4.69) is 21.3 Å². The molecule has 9 N–H and O–H groups in total. The lowest BCUT2D eigenvalue weighted by Gasteiger charge is -2.30. The van der Waals surface area contributed by atoms with Gasteiger partial charge in [-0.25, -0.2) is 4.79 Å². The predicted octanol–water partition coefficient (Wildman–Crippen LogP) is 1.01. The Morgan fingerprint density at radius 1 is 0.929 bits per heavy atom. The van der Waals surface area contributed by atoms with Crippen molar-refractivity contribution < 1.29 is 48.9 Å². The number of fused-ring (bicyclic) bond motifs is 5. The number of nitrogens with zero attached hydrogens (tertiary/aromatic N) is 2. The van der Waals surface area contributed by atoms with Crippen LogP contribution in [0.2, 0.25) is 0 Å². The van der Waals surface area contributed by atoms with Crippen LogP contribution in [0.3, 0.4) is 0 Å². The Morgan fingerprint density at radius 3 is 2.16 bits per heavy atom. The number of hydrogen-bond donors (Lipinski definition) is 8. The van der Waals surface area contributed by atoms with E-state index < -0.39 is 73.3 Å². The number of phenols is 2. The molecule has 0 aliphatic carbocycles. The smallest absolute Gasteiger partial charge is 0.326 e. The summed E-state index contributed by atoms with van der Waals surface area (Å²) in [5, 5.41) is 40.9. The molecule has 0 fully saturated rings. The van der Waals surface area contributed by atoms with Gasteiger partial charge < -0.3 is 52.1 Å². The number of aromatic hydroxyl groups is 2. The van der Waals surface area contributed by atoms with Gasteiger partial charge in [-0.2, -0.15) is 0 Å². The first kappa shape index (κ1) is 46.4. The van der Waals surface area contributed by atoms with E-state index >= 15 is 0 Å². The second kappa shape index (κ2) is 22.0. The Labute approximate surface area is 327 Å². The highest BCUT2D eigenvalue weighted by atomic mass is 16.4. The van der Waals surface area contributed by atoms with Crippen molar-refractivity contribution >= 4 is 41.4 Å². The summed E-state index contributed by atoms with van der Waals surface area (Å²) in [5.74, 6) is -5.85. The first-order valence-electron chi connectivity index (χ1n) is 18.7. The second-order valence-electron chi connectivity index (χ2n) is 13.8. The number of likely N-dealkylation sites (N-methyl/N-ethyl adjacent to an activating group) is 2. The van der Waals surface area contributed by atoms with Crippen LogP contribution < -0.4 is 27.0 Å². The van der Waals surface area contributed by atoms with Crippen LogP contribution >= 0.6 is 0 Å². The zero-order valence-electron chi connectivity index (χ0n) is 33.2. The van der Waals surface area contributed by atoms with Gasteiger partial charge in [0.05, 0.1) is 19.6 Å². The van der Waals surface area contributed by atoms with Gasteiger partial charge in [-0.1, -0.05) is 46.8 Å². The van der Waals surface area contributed by atoms with Crippen molar-refractivity contribution in [2.75, 3.05) is 40.3 Å². The Morgan fingerprint density at radius 2 is 1.55 bits per heavy atom. The Kier molecular flexibility index (Phi) is 18.2. The molecule has 0 spiro atoms. The van der Waals surface area contributed by atoms with E-state index in [1.807, 2.05) is 27.7 Å². The van der Waals surface area contributed by atoms with Gasteiger partial charge in [0, 0.05) is 37.6 Å². The normalized spacial score (nSPS) is 16.4. The molecule has 6 amide bonds. The van der Waals surface area contributed by atoms with Crippen LogP contribution in [0.4, 0.5) is 0 Å². The first-order chi connectivity index (χ1) is 26.4. The van der Waals surface area contributed by atoms with E-state index in [1.54, 1.807) is 6.92 Å². The van der Waals surface area contributed by atoms with E-state index in [4.69, 9.17) is 5.73 Å². The Balaban J connectivity index is 0.00000532. The lowest BCUT2D eigenvalue weighted by molar-refractivity contribution is -0.142. The van der Waals surface area contributed by atoms with Crippen molar-refractivity contribution in [1.29, 1.82) is 0 Å². The first-order valence-corrected chi connectivity index (χ1v) is 18.7. The van der Waals surface area contributed by atoms with Crippen molar-refractivity contribution in [3.8, 4) is 22.6 Å². The molecular formula is C39H57N7O10. The maximum atomic E-state index is 13.6.